The third-order valence-corrected chi connectivity index (χ3v) is 5.76. The Bertz CT molecular complexity index is 1270. The van der Waals surface area contributed by atoms with Crippen LogP contribution in [0.3, 0.4) is 0 Å². The molecule has 0 fully saturated rings. The summed E-state index contributed by atoms with van der Waals surface area (Å²) in [5.74, 6) is 0. The van der Waals surface area contributed by atoms with Crippen LogP contribution in [0.5, 0.6) is 0 Å². The topological polar surface area (TPSA) is 4.93 Å². The fourth-order valence-corrected chi connectivity index (χ4v) is 4.19. The molecule has 1 nitrogen and oxygen atoms in total. The number of aromatic nitrogens is 1. The standard InChI is InChI=1S/C30H25N/c1-23-17-19-27(20-18-23)31-29(26-15-9-4-10-16-26)22-28(25-13-7-3-8-14-25)30(31)21-24-11-5-2-6-12-24/h2-20,22H,21H2,1H3. The molecule has 0 aliphatic rings. The van der Waals surface area contributed by atoms with E-state index < -0.39 is 0 Å². The fourth-order valence-electron chi connectivity index (χ4n) is 4.19. The maximum Gasteiger partial charge on any atom is 0.0537 e. The van der Waals surface area contributed by atoms with Gasteiger partial charge in [-0.3, -0.25) is 0 Å². The second-order valence-electron chi connectivity index (χ2n) is 7.96. The van der Waals surface area contributed by atoms with Crippen LogP contribution in [0.1, 0.15) is 16.8 Å². The van der Waals surface area contributed by atoms with Crippen LogP contribution in [-0.4, -0.2) is 4.57 Å². The lowest BCUT2D eigenvalue weighted by molar-refractivity contribution is 0.966. The molecule has 0 unspecified atom stereocenters. The fraction of sp³-hybridized carbons (Fsp3) is 0.0667. The summed E-state index contributed by atoms with van der Waals surface area (Å²) in [6.45, 7) is 2.14. The molecule has 0 aliphatic carbocycles. The van der Waals surface area contributed by atoms with Gasteiger partial charge in [0.05, 0.1) is 5.69 Å². The molecule has 1 aromatic heterocycles. The normalized spacial score (nSPS) is 10.9. The van der Waals surface area contributed by atoms with Gasteiger partial charge in [-0.2, -0.15) is 0 Å². The van der Waals surface area contributed by atoms with Crippen molar-refractivity contribution in [1.29, 1.82) is 0 Å². The predicted octanol–water partition coefficient (Wildman–Crippen LogP) is 7.71. The van der Waals surface area contributed by atoms with Crippen molar-refractivity contribution in [3.63, 3.8) is 0 Å². The third-order valence-electron chi connectivity index (χ3n) is 5.76. The highest BCUT2D eigenvalue weighted by atomic mass is 15.0. The largest absolute Gasteiger partial charge is 0.313 e. The smallest absolute Gasteiger partial charge is 0.0537 e. The van der Waals surface area contributed by atoms with Gasteiger partial charge in [-0.05, 0) is 41.8 Å². The van der Waals surface area contributed by atoms with E-state index in [-0.39, 0.29) is 0 Å². The van der Waals surface area contributed by atoms with E-state index in [0.717, 1.165) is 6.42 Å². The molecule has 0 spiro atoms. The van der Waals surface area contributed by atoms with Crippen molar-refractivity contribution in [2.45, 2.75) is 13.3 Å². The summed E-state index contributed by atoms with van der Waals surface area (Å²) in [4.78, 5) is 0. The van der Waals surface area contributed by atoms with E-state index in [9.17, 15) is 0 Å². The predicted molar refractivity (Wildman–Crippen MR) is 131 cm³/mol. The molecule has 0 bridgehead atoms. The van der Waals surface area contributed by atoms with Gasteiger partial charge in [0.25, 0.3) is 0 Å². The Kier molecular flexibility index (Phi) is 5.24. The zero-order chi connectivity index (χ0) is 21.0. The molecule has 0 aliphatic heterocycles. The molecular formula is C30H25N. The Hall–Kier alpha value is -3.84. The van der Waals surface area contributed by atoms with Crippen LogP contribution in [0.4, 0.5) is 0 Å². The second kappa shape index (κ2) is 8.49. The van der Waals surface area contributed by atoms with Crippen molar-refractivity contribution < 1.29 is 0 Å². The van der Waals surface area contributed by atoms with E-state index in [1.54, 1.807) is 0 Å². The quantitative estimate of drug-likeness (QED) is 0.285. The van der Waals surface area contributed by atoms with Gasteiger partial charge in [0.2, 0.25) is 0 Å². The molecule has 0 radical (unpaired) electrons. The second-order valence-corrected chi connectivity index (χ2v) is 7.96. The first-order valence-electron chi connectivity index (χ1n) is 10.8. The monoisotopic (exact) mass is 399 g/mol. The molecule has 5 rings (SSSR count). The molecule has 0 N–H and O–H groups in total. The molecule has 4 aromatic carbocycles. The molecule has 1 heteroatoms. The number of benzene rings is 4. The van der Waals surface area contributed by atoms with Crippen LogP contribution in [0.2, 0.25) is 0 Å². The van der Waals surface area contributed by atoms with Crippen molar-refractivity contribution in [2.75, 3.05) is 0 Å². The van der Waals surface area contributed by atoms with E-state index in [0.29, 0.717) is 0 Å². The molecule has 0 atom stereocenters. The number of aryl methyl sites for hydroxylation is 1. The lowest BCUT2D eigenvalue weighted by atomic mass is 10.0. The lowest BCUT2D eigenvalue weighted by Gasteiger charge is -2.16. The van der Waals surface area contributed by atoms with Crippen LogP contribution < -0.4 is 0 Å². The zero-order valence-corrected chi connectivity index (χ0v) is 17.7. The van der Waals surface area contributed by atoms with Crippen molar-refractivity contribution >= 4 is 0 Å². The van der Waals surface area contributed by atoms with E-state index in [4.69, 9.17) is 0 Å². The molecule has 0 saturated heterocycles. The van der Waals surface area contributed by atoms with Gasteiger partial charge >= 0.3 is 0 Å². The number of nitrogens with zero attached hydrogens (tertiary/aromatic N) is 1. The first-order valence-corrected chi connectivity index (χ1v) is 10.8. The third kappa shape index (κ3) is 3.95. The molecule has 5 aromatic rings. The van der Waals surface area contributed by atoms with Crippen LogP contribution in [0, 0.1) is 6.92 Å². The van der Waals surface area contributed by atoms with Crippen molar-refractivity contribution in [1.82, 2.24) is 4.57 Å². The minimum Gasteiger partial charge on any atom is -0.313 e. The molecule has 0 amide bonds. The van der Waals surface area contributed by atoms with E-state index >= 15 is 0 Å². The summed E-state index contributed by atoms with van der Waals surface area (Å²) in [5, 5.41) is 0. The average Bonchev–Trinajstić information content (AvgIpc) is 3.20. The number of hydrogen-bond donors (Lipinski definition) is 0. The minimum absolute atomic E-state index is 0.867. The Morgan fingerprint density at radius 3 is 1.74 bits per heavy atom. The van der Waals surface area contributed by atoms with Crippen LogP contribution >= 0.6 is 0 Å². The highest BCUT2D eigenvalue weighted by Crippen LogP contribution is 2.36. The summed E-state index contributed by atoms with van der Waals surface area (Å²) in [6, 6.07) is 43.4. The van der Waals surface area contributed by atoms with Gasteiger partial charge in [0.15, 0.2) is 0 Å². The SMILES string of the molecule is Cc1ccc(-n2c(-c3ccccc3)cc(-c3ccccc3)c2Cc2ccccc2)cc1. The molecular weight excluding hydrogens is 374 g/mol. The van der Waals surface area contributed by atoms with Crippen molar-refractivity contribution in [2.24, 2.45) is 0 Å². The van der Waals surface area contributed by atoms with Gasteiger partial charge in [-0.15, -0.1) is 0 Å². The molecule has 150 valence electrons. The Labute approximate surface area is 184 Å². The number of hydrogen-bond acceptors (Lipinski definition) is 0. The van der Waals surface area contributed by atoms with Gasteiger partial charge in [0.1, 0.15) is 0 Å². The van der Waals surface area contributed by atoms with E-state index in [1.165, 1.54) is 44.9 Å². The first-order chi connectivity index (χ1) is 15.3. The Balaban J connectivity index is 1.80. The Morgan fingerprint density at radius 2 is 1.13 bits per heavy atom. The van der Waals surface area contributed by atoms with Crippen LogP contribution in [-0.2, 0) is 6.42 Å². The van der Waals surface area contributed by atoms with Crippen molar-refractivity contribution in [3.8, 4) is 28.1 Å². The zero-order valence-electron chi connectivity index (χ0n) is 17.7. The maximum absolute atomic E-state index is 2.43. The number of rotatable bonds is 5. The van der Waals surface area contributed by atoms with Gasteiger partial charge in [-0.25, -0.2) is 0 Å². The summed E-state index contributed by atoms with van der Waals surface area (Å²) in [7, 11) is 0. The lowest BCUT2D eigenvalue weighted by Crippen LogP contribution is -2.04. The summed E-state index contributed by atoms with van der Waals surface area (Å²) < 4.78 is 2.43. The highest BCUT2D eigenvalue weighted by molar-refractivity contribution is 5.77. The first kappa shape index (κ1) is 19.1. The molecule has 1 heterocycles. The van der Waals surface area contributed by atoms with Gasteiger partial charge < -0.3 is 4.57 Å². The van der Waals surface area contributed by atoms with Crippen LogP contribution in [0.25, 0.3) is 28.1 Å². The minimum atomic E-state index is 0.867. The van der Waals surface area contributed by atoms with Gasteiger partial charge in [-0.1, -0.05) is 109 Å². The van der Waals surface area contributed by atoms with Crippen LogP contribution in [0.15, 0.2) is 121 Å². The molecule has 0 saturated carbocycles. The average molecular weight is 400 g/mol. The highest BCUT2D eigenvalue weighted by Gasteiger charge is 2.19. The summed E-state index contributed by atoms with van der Waals surface area (Å²) in [6.07, 6.45) is 0.867. The van der Waals surface area contributed by atoms with Crippen molar-refractivity contribution in [3.05, 3.63) is 138 Å². The van der Waals surface area contributed by atoms with E-state index in [2.05, 4.69) is 133 Å². The Morgan fingerprint density at radius 1 is 0.581 bits per heavy atom. The molecule has 31 heavy (non-hydrogen) atoms. The summed E-state index contributed by atoms with van der Waals surface area (Å²) in [5.41, 5.74) is 10.0. The summed E-state index contributed by atoms with van der Waals surface area (Å²) >= 11 is 0. The maximum atomic E-state index is 2.43. The van der Waals surface area contributed by atoms with E-state index in [1.807, 2.05) is 0 Å². The van der Waals surface area contributed by atoms with Gasteiger partial charge in [0, 0.05) is 23.4 Å².